The molecule has 0 aromatic heterocycles. The topological polar surface area (TPSA) is 59.9 Å². The summed E-state index contributed by atoms with van der Waals surface area (Å²) in [5.74, 6) is 1.29. The van der Waals surface area contributed by atoms with Gasteiger partial charge in [-0.05, 0) is 66.2 Å². The fourth-order valence-corrected chi connectivity index (χ4v) is 2.58. The van der Waals surface area contributed by atoms with E-state index in [0.717, 1.165) is 21.5 Å². The van der Waals surface area contributed by atoms with Crippen LogP contribution in [0.4, 0.5) is 0 Å². The second-order valence-electron chi connectivity index (χ2n) is 5.79. The van der Waals surface area contributed by atoms with E-state index < -0.39 is 0 Å². The van der Waals surface area contributed by atoms with Crippen LogP contribution in [0.25, 0.3) is 0 Å². The third-order valence-corrected chi connectivity index (χ3v) is 4.26. The molecule has 0 saturated heterocycles. The Hall–Kier alpha value is -3.12. The van der Waals surface area contributed by atoms with Crippen molar-refractivity contribution in [1.29, 1.82) is 0 Å². The van der Waals surface area contributed by atoms with Crippen LogP contribution in [0.1, 0.15) is 15.9 Å². The molecule has 1 N–H and O–H groups in total. The van der Waals surface area contributed by atoms with Crippen molar-refractivity contribution in [2.45, 2.75) is 0 Å². The molecule has 3 aromatic rings. The summed E-state index contributed by atoms with van der Waals surface area (Å²) in [6.07, 6.45) is 1.58. The largest absolute Gasteiger partial charge is 0.490 e. The number of hydrogen-bond donors (Lipinski definition) is 1. The molecule has 1 amide bonds. The van der Waals surface area contributed by atoms with Gasteiger partial charge in [0.25, 0.3) is 5.91 Å². The standard InChI is InChI=1S/C22H19BrN2O3/c23-19-8-12-21(13-9-19)28-15-14-27-20-10-6-17(7-11-20)16-24-25-22(26)18-4-2-1-3-5-18/h1-13,16H,14-15H2,(H,25,26). The number of carbonyl (C=O) groups is 1. The minimum atomic E-state index is -0.248. The maximum absolute atomic E-state index is 11.9. The van der Waals surface area contributed by atoms with E-state index in [-0.39, 0.29) is 5.91 Å². The first kappa shape index (κ1) is 19.6. The molecule has 142 valence electrons. The highest BCUT2D eigenvalue weighted by Gasteiger charge is 2.01. The summed E-state index contributed by atoms with van der Waals surface area (Å²) >= 11 is 3.39. The predicted molar refractivity (Wildman–Crippen MR) is 113 cm³/mol. The summed E-state index contributed by atoms with van der Waals surface area (Å²) in [4.78, 5) is 11.9. The van der Waals surface area contributed by atoms with Gasteiger partial charge >= 0.3 is 0 Å². The van der Waals surface area contributed by atoms with Gasteiger partial charge in [-0.25, -0.2) is 5.43 Å². The zero-order valence-electron chi connectivity index (χ0n) is 15.0. The maximum atomic E-state index is 11.9. The average molecular weight is 439 g/mol. The highest BCUT2D eigenvalue weighted by molar-refractivity contribution is 9.10. The van der Waals surface area contributed by atoms with E-state index >= 15 is 0 Å². The normalized spacial score (nSPS) is 10.6. The smallest absolute Gasteiger partial charge is 0.271 e. The number of rotatable bonds is 8. The number of nitrogens with zero attached hydrogens (tertiary/aromatic N) is 1. The van der Waals surface area contributed by atoms with Crippen LogP contribution in [-0.4, -0.2) is 25.3 Å². The van der Waals surface area contributed by atoms with Crippen molar-refractivity contribution in [2.24, 2.45) is 5.10 Å². The Labute approximate surface area is 172 Å². The second-order valence-corrected chi connectivity index (χ2v) is 6.70. The molecule has 5 nitrogen and oxygen atoms in total. The highest BCUT2D eigenvalue weighted by atomic mass is 79.9. The SMILES string of the molecule is O=C(NN=Cc1ccc(OCCOc2ccc(Br)cc2)cc1)c1ccccc1. The van der Waals surface area contributed by atoms with Crippen LogP contribution >= 0.6 is 15.9 Å². The molecule has 0 aliphatic carbocycles. The summed E-state index contributed by atoms with van der Waals surface area (Å²) < 4.78 is 12.3. The lowest BCUT2D eigenvalue weighted by molar-refractivity contribution is 0.0955. The molecular formula is C22H19BrN2O3. The Bertz CT molecular complexity index is 911. The lowest BCUT2D eigenvalue weighted by atomic mass is 10.2. The van der Waals surface area contributed by atoms with E-state index in [9.17, 15) is 4.79 Å². The molecular weight excluding hydrogens is 420 g/mol. The second kappa shape index (κ2) is 10.3. The monoisotopic (exact) mass is 438 g/mol. The van der Waals surface area contributed by atoms with Gasteiger partial charge in [0.05, 0.1) is 6.21 Å². The quantitative estimate of drug-likeness (QED) is 0.315. The van der Waals surface area contributed by atoms with Crippen molar-refractivity contribution in [3.8, 4) is 11.5 Å². The zero-order chi connectivity index (χ0) is 19.6. The molecule has 0 aliphatic heterocycles. The van der Waals surface area contributed by atoms with Crippen molar-refractivity contribution < 1.29 is 14.3 Å². The number of hydrazone groups is 1. The van der Waals surface area contributed by atoms with Crippen molar-refractivity contribution in [3.05, 3.63) is 94.5 Å². The number of nitrogens with one attached hydrogen (secondary N) is 1. The lowest BCUT2D eigenvalue weighted by Crippen LogP contribution is -2.17. The molecule has 3 aromatic carbocycles. The van der Waals surface area contributed by atoms with Gasteiger partial charge in [-0.3, -0.25) is 4.79 Å². The first-order chi connectivity index (χ1) is 13.7. The minimum absolute atomic E-state index is 0.248. The Morgan fingerprint density at radius 1 is 0.857 bits per heavy atom. The van der Waals surface area contributed by atoms with Crippen LogP contribution in [-0.2, 0) is 0 Å². The lowest BCUT2D eigenvalue weighted by Gasteiger charge is -2.08. The van der Waals surface area contributed by atoms with Crippen molar-refractivity contribution in [2.75, 3.05) is 13.2 Å². The van der Waals surface area contributed by atoms with Crippen molar-refractivity contribution in [3.63, 3.8) is 0 Å². The molecule has 0 aliphatic rings. The summed E-state index contributed by atoms with van der Waals surface area (Å²) in [6.45, 7) is 0.896. The van der Waals surface area contributed by atoms with Gasteiger partial charge in [0.2, 0.25) is 0 Å². The number of hydrogen-bond acceptors (Lipinski definition) is 4. The number of halogens is 1. The Morgan fingerprint density at radius 2 is 1.43 bits per heavy atom. The first-order valence-corrected chi connectivity index (χ1v) is 9.50. The van der Waals surface area contributed by atoms with Crippen LogP contribution in [0.5, 0.6) is 11.5 Å². The van der Waals surface area contributed by atoms with Crippen LogP contribution in [0, 0.1) is 0 Å². The van der Waals surface area contributed by atoms with Gasteiger partial charge in [-0.2, -0.15) is 5.10 Å². The highest BCUT2D eigenvalue weighted by Crippen LogP contribution is 2.16. The van der Waals surface area contributed by atoms with Gasteiger partial charge in [0, 0.05) is 10.0 Å². The minimum Gasteiger partial charge on any atom is -0.490 e. The van der Waals surface area contributed by atoms with Gasteiger partial charge < -0.3 is 9.47 Å². The summed E-state index contributed by atoms with van der Waals surface area (Å²) in [7, 11) is 0. The summed E-state index contributed by atoms with van der Waals surface area (Å²) in [5.41, 5.74) is 3.92. The van der Waals surface area contributed by atoms with E-state index in [1.54, 1.807) is 30.5 Å². The molecule has 6 heteroatoms. The summed E-state index contributed by atoms with van der Waals surface area (Å²) in [5, 5.41) is 3.97. The maximum Gasteiger partial charge on any atom is 0.271 e. The van der Waals surface area contributed by atoms with Crippen LogP contribution in [0.15, 0.2) is 88.4 Å². The fourth-order valence-electron chi connectivity index (χ4n) is 2.32. The van der Waals surface area contributed by atoms with Crippen molar-refractivity contribution >= 4 is 28.1 Å². The molecule has 28 heavy (non-hydrogen) atoms. The van der Waals surface area contributed by atoms with E-state index in [1.807, 2.05) is 54.6 Å². The van der Waals surface area contributed by atoms with Gasteiger partial charge in [-0.15, -0.1) is 0 Å². The first-order valence-electron chi connectivity index (χ1n) is 8.70. The van der Waals surface area contributed by atoms with E-state index in [1.165, 1.54) is 0 Å². The molecule has 3 rings (SSSR count). The molecule has 0 unspecified atom stereocenters. The Balaban J connectivity index is 1.40. The molecule has 0 fully saturated rings. The molecule has 0 bridgehead atoms. The molecule has 0 radical (unpaired) electrons. The van der Waals surface area contributed by atoms with E-state index in [0.29, 0.717) is 18.8 Å². The van der Waals surface area contributed by atoms with E-state index in [4.69, 9.17) is 9.47 Å². The molecule has 0 heterocycles. The number of amides is 1. The fraction of sp³-hybridized carbons (Fsp3) is 0.0909. The Morgan fingerprint density at radius 3 is 2.04 bits per heavy atom. The van der Waals surface area contributed by atoms with Gasteiger partial charge in [-0.1, -0.05) is 34.1 Å². The Kier molecular flexibility index (Phi) is 7.21. The number of ether oxygens (including phenoxy) is 2. The molecule has 0 spiro atoms. The van der Waals surface area contributed by atoms with Crippen LogP contribution in [0.2, 0.25) is 0 Å². The van der Waals surface area contributed by atoms with Crippen LogP contribution in [0.3, 0.4) is 0 Å². The molecule has 0 saturated carbocycles. The third kappa shape index (κ3) is 6.25. The third-order valence-electron chi connectivity index (χ3n) is 3.73. The van der Waals surface area contributed by atoms with Crippen LogP contribution < -0.4 is 14.9 Å². The van der Waals surface area contributed by atoms with Crippen molar-refractivity contribution in [1.82, 2.24) is 5.43 Å². The summed E-state index contributed by atoms with van der Waals surface area (Å²) in [6, 6.07) is 24.0. The zero-order valence-corrected chi connectivity index (χ0v) is 16.6. The van der Waals surface area contributed by atoms with Gasteiger partial charge in [0.15, 0.2) is 0 Å². The van der Waals surface area contributed by atoms with E-state index in [2.05, 4.69) is 26.5 Å². The van der Waals surface area contributed by atoms with Gasteiger partial charge in [0.1, 0.15) is 24.7 Å². The number of benzene rings is 3. The number of carbonyl (C=O) groups excluding carboxylic acids is 1. The predicted octanol–water partition coefficient (Wildman–Crippen LogP) is 4.67. The molecule has 0 atom stereocenters. The average Bonchev–Trinajstić information content (AvgIpc) is 2.74.